The Balaban J connectivity index is 3.10. The number of hydrogen-bond acceptors (Lipinski definition) is 5. The van der Waals surface area contributed by atoms with Crippen LogP contribution >= 0.6 is 15.9 Å². The zero-order valence-electron chi connectivity index (χ0n) is 17.5. The first-order valence-corrected chi connectivity index (χ1v) is 9.66. The van der Waals surface area contributed by atoms with Crippen LogP contribution < -0.4 is 10.6 Å². The van der Waals surface area contributed by atoms with Gasteiger partial charge in [0.05, 0.1) is 12.1 Å². The molecule has 0 spiro atoms. The van der Waals surface area contributed by atoms with Crippen LogP contribution in [0.3, 0.4) is 0 Å². The van der Waals surface area contributed by atoms with E-state index in [0.717, 1.165) is 12.1 Å². The third kappa shape index (κ3) is 9.95. The van der Waals surface area contributed by atoms with Crippen LogP contribution in [0.4, 0.5) is 22.8 Å². The van der Waals surface area contributed by atoms with Gasteiger partial charge in [0.15, 0.2) is 0 Å². The summed E-state index contributed by atoms with van der Waals surface area (Å²) in [5.41, 5.74) is -2.28. The highest BCUT2D eigenvalue weighted by Crippen LogP contribution is 2.32. The minimum atomic E-state index is -4.52. The predicted molar refractivity (Wildman–Crippen MR) is 109 cm³/mol. The smallest absolute Gasteiger partial charge is 0.416 e. The molecule has 0 atom stereocenters. The van der Waals surface area contributed by atoms with Gasteiger partial charge >= 0.3 is 18.4 Å². The fraction of sp³-hybridized carbons (Fsp3) is 0.526. The number of guanidine groups is 1. The van der Waals surface area contributed by atoms with Gasteiger partial charge in [0.2, 0.25) is 5.96 Å². The van der Waals surface area contributed by atoms with E-state index in [1.807, 2.05) is 0 Å². The molecule has 7 nitrogen and oxygen atoms in total. The molecule has 0 fully saturated rings. The topological polar surface area (TPSA) is 89.0 Å². The number of rotatable bonds is 2. The zero-order valence-corrected chi connectivity index (χ0v) is 19.1. The monoisotopic (exact) mass is 495 g/mol. The van der Waals surface area contributed by atoms with E-state index in [-0.39, 0.29) is 18.1 Å². The van der Waals surface area contributed by atoms with Gasteiger partial charge in [-0.25, -0.2) is 14.6 Å². The molecule has 0 saturated heterocycles. The quantitative estimate of drug-likeness (QED) is 0.426. The Hall–Kier alpha value is -2.30. The highest BCUT2D eigenvalue weighted by Gasteiger charge is 2.31. The largest absolute Gasteiger partial charge is 0.444 e. The van der Waals surface area contributed by atoms with Crippen molar-refractivity contribution in [1.29, 1.82) is 0 Å². The lowest BCUT2D eigenvalue weighted by atomic mass is 10.1. The van der Waals surface area contributed by atoms with Crippen LogP contribution in [-0.4, -0.2) is 29.3 Å². The SMILES string of the molecule is CC(C)(C)OC(=O)NC(=NCc1cc(C(F)(F)F)ccc1Br)NC(=O)OC(C)(C)C. The summed E-state index contributed by atoms with van der Waals surface area (Å²) in [6, 6.07) is 3.10. The van der Waals surface area contributed by atoms with Crippen molar-refractivity contribution < 1.29 is 32.2 Å². The number of aliphatic imine (C=N–C) groups is 1. The summed E-state index contributed by atoms with van der Waals surface area (Å²) in [4.78, 5) is 28.1. The van der Waals surface area contributed by atoms with Crippen LogP contribution in [0.1, 0.15) is 52.7 Å². The number of nitrogens with zero attached hydrogens (tertiary/aromatic N) is 1. The number of carbonyl (C=O) groups excluding carboxylic acids is 2. The maximum atomic E-state index is 13.0. The first kappa shape index (κ1) is 25.7. The van der Waals surface area contributed by atoms with E-state index in [1.165, 1.54) is 6.07 Å². The van der Waals surface area contributed by atoms with E-state index in [2.05, 4.69) is 31.6 Å². The second-order valence-electron chi connectivity index (χ2n) is 8.22. The molecule has 168 valence electrons. The van der Waals surface area contributed by atoms with E-state index in [1.54, 1.807) is 41.5 Å². The van der Waals surface area contributed by atoms with E-state index in [9.17, 15) is 22.8 Å². The van der Waals surface area contributed by atoms with E-state index in [0.29, 0.717) is 4.47 Å². The van der Waals surface area contributed by atoms with Gasteiger partial charge in [0.25, 0.3) is 0 Å². The standard InChI is InChI=1S/C19H25BrF3N3O4/c1-17(2,3)29-15(27)25-14(26-16(28)30-18(4,5)6)24-10-11-9-12(19(21,22)23)7-8-13(11)20/h7-9H,10H2,1-6H3,(H2,24,25,26,27,28). The average molecular weight is 496 g/mol. The van der Waals surface area contributed by atoms with Gasteiger partial charge in [0.1, 0.15) is 11.2 Å². The van der Waals surface area contributed by atoms with Crippen LogP contribution in [0, 0.1) is 0 Å². The summed E-state index contributed by atoms with van der Waals surface area (Å²) < 4.78 is 49.5. The summed E-state index contributed by atoms with van der Waals surface area (Å²) in [6.45, 7) is 9.59. The average Bonchev–Trinajstić information content (AvgIpc) is 2.48. The zero-order chi connectivity index (χ0) is 23.3. The van der Waals surface area contributed by atoms with Gasteiger partial charge in [-0.1, -0.05) is 15.9 Å². The second kappa shape index (κ2) is 9.67. The molecule has 2 N–H and O–H groups in total. The molecule has 0 heterocycles. The Kier molecular flexibility index (Phi) is 8.30. The van der Waals surface area contributed by atoms with Crippen molar-refractivity contribution in [2.75, 3.05) is 0 Å². The second-order valence-corrected chi connectivity index (χ2v) is 9.08. The summed E-state index contributed by atoms with van der Waals surface area (Å²) in [7, 11) is 0. The van der Waals surface area contributed by atoms with Crippen molar-refractivity contribution in [3.05, 3.63) is 33.8 Å². The van der Waals surface area contributed by atoms with E-state index < -0.39 is 35.1 Å². The lowest BCUT2D eigenvalue weighted by Gasteiger charge is -2.22. The van der Waals surface area contributed by atoms with Gasteiger partial charge in [-0.2, -0.15) is 13.2 Å². The normalized spacial score (nSPS) is 12.1. The van der Waals surface area contributed by atoms with Crippen molar-refractivity contribution in [2.45, 2.75) is 65.5 Å². The van der Waals surface area contributed by atoms with Crippen molar-refractivity contribution in [3.8, 4) is 0 Å². The molecule has 0 radical (unpaired) electrons. The predicted octanol–water partition coefficient (Wildman–Crippen LogP) is 5.37. The number of alkyl halides is 3. The van der Waals surface area contributed by atoms with Crippen LogP contribution in [0.2, 0.25) is 0 Å². The van der Waals surface area contributed by atoms with E-state index in [4.69, 9.17) is 9.47 Å². The molecule has 0 unspecified atom stereocenters. The summed E-state index contributed by atoms with van der Waals surface area (Å²) in [6.07, 6.45) is -6.33. The molecule has 1 aromatic carbocycles. The first-order chi connectivity index (χ1) is 13.5. The lowest BCUT2D eigenvalue weighted by molar-refractivity contribution is -0.137. The Morgan fingerprint density at radius 1 is 0.967 bits per heavy atom. The van der Waals surface area contributed by atoms with Crippen LogP contribution in [0.5, 0.6) is 0 Å². The number of ether oxygens (including phenoxy) is 2. The summed E-state index contributed by atoms with van der Waals surface area (Å²) in [5.74, 6) is -0.331. The molecule has 1 aromatic rings. The minimum absolute atomic E-state index is 0.194. The maximum absolute atomic E-state index is 13.0. The molecule has 1 rings (SSSR count). The number of amides is 2. The summed E-state index contributed by atoms with van der Waals surface area (Å²) in [5, 5.41) is 4.53. The van der Waals surface area contributed by atoms with Gasteiger partial charge < -0.3 is 9.47 Å². The fourth-order valence-corrected chi connectivity index (χ4v) is 2.32. The Morgan fingerprint density at radius 2 is 1.43 bits per heavy atom. The molecule has 0 aromatic heterocycles. The number of benzene rings is 1. The van der Waals surface area contributed by atoms with Gasteiger partial charge in [-0.05, 0) is 65.3 Å². The molecule has 0 saturated carbocycles. The third-order valence-electron chi connectivity index (χ3n) is 3.02. The molecular formula is C19H25BrF3N3O4. The Bertz CT molecular complexity index is 781. The summed E-state index contributed by atoms with van der Waals surface area (Å²) >= 11 is 3.17. The molecule has 11 heteroatoms. The number of halogens is 4. The van der Waals surface area contributed by atoms with E-state index >= 15 is 0 Å². The van der Waals surface area contributed by atoms with Gasteiger partial charge in [-0.3, -0.25) is 10.6 Å². The minimum Gasteiger partial charge on any atom is -0.444 e. The molecule has 0 bridgehead atoms. The highest BCUT2D eigenvalue weighted by molar-refractivity contribution is 9.10. The number of nitrogens with one attached hydrogen (secondary N) is 2. The molecule has 0 aliphatic carbocycles. The molecule has 30 heavy (non-hydrogen) atoms. The highest BCUT2D eigenvalue weighted by atomic mass is 79.9. The number of alkyl carbamates (subject to hydrolysis) is 2. The van der Waals surface area contributed by atoms with Crippen molar-refractivity contribution in [3.63, 3.8) is 0 Å². The first-order valence-electron chi connectivity index (χ1n) is 8.86. The van der Waals surface area contributed by atoms with Crippen LogP contribution in [0.15, 0.2) is 27.7 Å². The third-order valence-corrected chi connectivity index (χ3v) is 3.79. The van der Waals surface area contributed by atoms with Gasteiger partial charge in [0, 0.05) is 4.47 Å². The van der Waals surface area contributed by atoms with Crippen molar-refractivity contribution in [2.24, 2.45) is 4.99 Å². The van der Waals surface area contributed by atoms with Gasteiger partial charge in [-0.15, -0.1) is 0 Å². The molecule has 2 amide bonds. The number of hydrogen-bond donors (Lipinski definition) is 2. The molecule has 0 aliphatic heterocycles. The fourth-order valence-electron chi connectivity index (χ4n) is 1.95. The van der Waals surface area contributed by atoms with Crippen molar-refractivity contribution in [1.82, 2.24) is 10.6 Å². The Morgan fingerprint density at radius 3 is 1.83 bits per heavy atom. The van der Waals surface area contributed by atoms with Crippen LogP contribution in [-0.2, 0) is 22.2 Å². The maximum Gasteiger partial charge on any atom is 0.416 e. The Labute approximate surface area is 181 Å². The van der Waals surface area contributed by atoms with Crippen molar-refractivity contribution >= 4 is 34.1 Å². The molecule has 0 aliphatic rings. The number of carbonyl (C=O) groups is 2. The lowest BCUT2D eigenvalue weighted by Crippen LogP contribution is -2.47. The van der Waals surface area contributed by atoms with Crippen LogP contribution in [0.25, 0.3) is 0 Å². The molecular weight excluding hydrogens is 471 g/mol.